The van der Waals surface area contributed by atoms with E-state index in [2.05, 4.69) is 0 Å². The fourth-order valence-electron chi connectivity index (χ4n) is 2.31. The number of ether oxygens (including phenoxy) is 1. The van der Waals surface area contributed by atoms with Crippen molar-refractivity contribution in [2.24, 2.45) is 5.73 Å². The van der Waals surface area contributed by atoms with Crippen molar-refractivity contribution in [3.8, 4) is 0 Å². The van der Waals surface area contributed by atoms with Crippen LogP contribution in [0.1, 0.15) is 12.8 Å². The maximum absolute atomic E-state index is 12.2. The van der Waals surface area contributed by atoms with Gasteiger partial charge in [0.2, 0.25) is 5.91 Å². The Morgan fingerprint density at radius 3 is 2.71 bits per heavy atom. The highest BCUT2D eigenvalue weighted by molar-refractivity contribution is 5.91. The van der Waals surface area contributed by atoms with E-state index in [1.807, 2.05) is 0 Å². The molecule has 0 aliphatic carbocycles. The molecule has 2 fully saturated rings. The predicted molar refractivity (Wildman–Crippen MR) is 56.1 cm³/mol. The Bertz CT molecular complexity index is 340. The van der Waals surface area contributed by atoms with Crippen LogP contribution in [0.3, 0.4) is 0 Å². The largest absolute Gasteiger partial charge is 0.480 e. The maximum Gasteiger partial charge on any atom is 0.326 e. The van der Waals surface area contributed by atoms with Crippen LogP contribution in [0.4, 0.5) is 0 Å². The molecule has 2 heterocycles. The van der Waals surface area contributed by atoms with Gasteiger partial charge in [0, 0.05) is 19.6 Å². The third-order valence-corrected chi connectivity index (χ3v) is 3.30. The number of carboxylic acid groups (broad SMARTS) is 1. The first-order chi connectivity index (χ1) is 7.94. The molecule has 0 spiro atoms. The van der Waals surface area contributed by atoms with Crippen molar-refractivity contribution < 1.29 is 24.5 Å². The Labute approximate surface area is 98.1 Å². The zero-order chi connectivity index (χ0) is 12.6. The summed E-state index contributed by atoms with van der Waals surface area (Å²) in [7, 11) is 0. The van der Waals surface area contributed by atoms with E-state index in [0.29, 0.717) is 13.0 Å². The molecule has 2 aliphatic rings. The highest BCUT2D eigenvalue weighted by Gasteiger charge is 2.47. The van der Waals surface area contributed by atoms with Crippen molar-refractivity contribution in [2.75, 3.05) is 19.8 Å². The molecular weight excluding hydrogens is 228 g/mol. The lowest BCUT2D eigenvalue weighted by molar-refractivity contribution is -0.150. The number of nitrogens with zero attached hydrogens (tertiary/aromatic N) is 1. The Hall–Kier alpha value is -1.18. The van der Waals surface area contributed by atoms with Gasteiger partial charge in [-0.25, -0.2) is 4.79 Å². The highest BCUT2D eigenvalue weighted by Crippen LogP contribution is 2.25. The van der Waals surface area contributed by atoms with Gasteiger partial charge in [0.15, 0.2) is 0 Å². The lowest BCUT2D eigenvalue weighted by atomic mass is 9.98. The maximum atomic E-state index is 12.2. The van der Waals surface area contributed by atoms with Gasteiger partial charge >= 0.3 is 5.97 Å². The molecule has 2 saturated heterocycles. The van der Waals surface area contributed by atoms with Gasteiger partial charge in [-0.1, -0.05) is 0 Å². The van der Waals surface area contributed by atoms with Gasteiger partial charge in [0.25, 0.3) is 0 Å². The Morgan fingerprint density at radius 2 is 2.18 bits per heavy atom. The van der Waals surface area contributed by atoms with E-state index >= 15 is 0 Å². The monoisotopic (exact) mass is 244 g/mol. The third-order valence-electron chi connectivity index (χ3n) is 3.30. The molecule has 96 valence electrons. The van der Waals surface area contributed by atoms with E-state index in [1.165, 1.54) is 0 Å². The molecule has 0 aromatic heterocycles. The van der Waals surface area contributed by atoms with Crippen LogP contribution < -0.4 is 5.73 Å². The molecule has 4 N–H and O–H groups in total. The van der Waals surface area contributed by atoms with E-state index in [0.717, 1.165) is 4.90 Å². The second-order valence-electron chi connectivity index (χ2n) is 4.66. The molecule has 7 nitrogen and oxygen atoms in total. The number of carboxylic acids is 1. The molecule has 2 aliphatic heterocycles. The van der Waals surface area contributed by atoms with Crippen molar-refractivity contribution in [3.05, 3.63) is 0 Å². The Balaban J connectivity index is 2.15. The van der Waals surface area contributed by atoms with Crippen molar-refractivity contribution in [1.29, 1.82) is 0 Å². The Kier molecular flexibility index (Phi) is 3.07. The molecule has 7 heteroatoms. The summed E-state index contributed by atoms with van der Waals surface area (Å²) in [5.41, 5.74) is 4.76. The summed E-state index contributed by atoms with van der Waals surface area (Å²) >= 11 is 0. The van der Waals surface area contributed by atoms with Crippen LogP contribution in [0, 0.1) is 0 Å². The normalized spacial score (nSPS) is 37.4. The molecule has 3 atom stereocenters. The molecule has 1 amide bonds. The third kappa shape index (κ3) is 2.13. The van der Waals surface area contributed by atoms with Gasteiger partial charge in [-0.2, -0.15) is 0 Å². The van der Waals surface area contributed by atoms with Crippen LogP contribution in [0.15, 0.2) is 0 Å². The van der Waals surface area contributed by atoms with Crippen molar-refractivity contribution in [3.63, 3.8) is 0 Å². The first kappa shape index (κ1) is 12.3. The van der Waals surface area contributed by atoms with Gasteiger partial charge in [-0.05, 0) is 6.42 Å². The standard InChI is InChI=1S/C10H16N2O5/c11-10(1-2-17-5-10)9(16)12-4-6(13)3-7(12)8(14)15/h6-7,13H,1-5,11H2,(H,14,15)/t6-,7-,10?/m1/s1. The summed E-state index contributed by atoms with van der Waals surface area (Å²) in [5.74, 6) is -1.56. The number of aliphatic hydroxyl groups excluding tert-OH is 1. The van der Waals surface area contributed by atoms with Crippen LogP contribution in [0.25, 0.3) is 0 Å². The molecule has 2 rings (SSSR count). The predicted octanol–water partition coefficient (Wildman–Crippen LogP) is -1.85. The molecule has 0 radical (unpaired) electrons. The number of likely N-dealkylation sites (tertiary alicyclic amines) is 1. The second-order valence-corrected chi connectivity index (χ2v) is 4.66. The fraction of sp³-hybridized carbons (Fsp3) is 0.800. The van der Waals surface area contributed by atoms with Crippen LogP contribution in [0.2, 0.25) is 0 Å². The van der Waals surface area contributed by atoms with E-state index in [9.17, 15) is 14.7 Å². The van der Waals surface area contributed by atoms with Crippen molar-refractivity contribution >= 4 is 11.9 Å². The number of nitrogens with two attached hydrogens (primary N) is 1. The van der Waals surface area contributed by atoms with Gasteiger partial charge in [-0.3, -0.25) is 4.79 Å². The first-order valence-corrected chi connectivity index (χ1v) is 5.52. The average Bonchev–Trinajstić information content (AvgIpc) is 2.84. The molecule has 17 heavy (non-hydrogen) atoms. The smallest absolute Gasteiger partial charge is 0.326 e. The van der Waals surface area contributed by atoms with Gasteiger partial charge in [0.1, 0.15) is 11.6 Å². The van der Waals surface area contributed by atoms with Crippen LogP contribution >= 0.6 is 0 Å². The number of β-amino-alcohol motifs (C(OH)–C–C–N with tert-alkyl or cyclic N) is 1. The van der Waals surface area contributed by atoms with Crippen molar-refractivity contribution in [1.82, 2.24) is 4.90 Å². The van der Waals surface area contributed by atoms with E-state index in [-0.39, 0.29) is 19.6 Å². The summed E-state index contributed by atoms with van der Waals surface area (Å²) in [6.45, 7) is 0.524. The zero-order valence-corrected chi connectivity index (χ0v) is 9.33. The number of carbonyl (C=O) groups is 2. The first-order valence-electron chi connectivity index (χ1n) is 5.52. The van der Waals surface area contributed by atoms with Crippen LogP contribution in [-0.4, -0.2) is 64.4 Å². The number of amides is 1. The summed E-state index contributed by atoms with van der Waals surface area (Å²) in [6, 6.07) is -0.987. The highest BCUT2D eigenvalue weighted by atomic mass is 16.5. The lowest BCUT2D eigenvalue weighted by Crippen LogP contribution is -2.58. The minimum Gasteiger partial charge on any atom is -0.480 e. The second kappa shape index (κ2) is 4.25. The molecule has 0 bridgehead atoms. The van der Waals surface area contributed by atoms with Gasteiger partial charge < -0.3 is 25.6 Å². The van der Waals surface area contributed by atoms with E-state index < -0.39 is 29.6 Å². The van der Waals surface area contributed by atoms with Gasteiger partial charge in [0.05, 0.1) is 12.7 Å². The summed E-state index contributed by atoms with van der Waals surface area (Å²) in [6.07, 6.45) is -0.367. The van der Waals surface area contributed by atoms with Crippen LogP contribution in [0.5, 0.6) is 0 Å². The molecule has 0 aromatic carbocycles. The van der Waals surface area contributed by atoms with Crippen LogP contribution in [-0.2, 0) is 14.3 Å². The summed E-state index contributed by atoms with van der Waals surface area (Å²) < 4.78 is 5.08. The minimum absolute atomic E-state index is 0.0226. The van der Waals surface area contributed by atoms with Crippen molar-refractivity contribution in [2.45, 2.75) is 30.5 Å². The summed E-state index contributed by atoms with van der Waals surface area (Å²) in [5, 5.41) is 18.5. The summed E-state index contributed by atoms with van der Waals surface area (Å²) in [4.78, 5) is 24.3. The number of rotatable bonds is 2. The Morgan fingerprint density at radius 1 is 1.47 bits per heavy atom. The SMILES string of the molecule is NC1(C(=O)N2C[C@H](O)C[C@@H]2C(=O)O)CCOC1. The fourth-order valence-corrected chi connectivity index (χ4v) is 2.31. The molecule has 0 saturated carbocycles. The topological polar surface area (TPSA) is 113 Å². The number of hydrogen-bond donors (Lipinski definition) is 3. The zero-order valence-electron chi connectivity index (χ0n) is 9.33. The number of hydrogen-bond acceptors (Lipinski definition) is 5. The number of aliphatic hydroxyl groups is 1. The molecular formula is C10H16N2O5. The lowest BCUT2D eigenvalue weighted by Gasteiger charge is -2.29. The molecule has 0 aromatic rings. The van der Waals surface area contributed by atoms with Gasteiger partial charge in [-0.15, -0.1) is 0 Å². The average molecular weight is 244 g/mol. The quantitative estimate of drug-likeness (QED) is 0.525. The molecule has 1 unspecified atom stereocenters. The number of carbonyl (C=O) groups excluding carboxylic acids is 1. The van der Waals surface area contributed by atoms with E-state index in [4.69, 9.17) is 15.6 Å². The van der Waals surface area contributed by atoms with E-state index in [1.54, 1.807) is 0 Å². The number of aliphatic carboxylic acids is 1. The minimum atomic E-state index is -1.14.